The van der Waals surface area contributed by atoms with Gasteiger partial charge in [-0.2, -0.15) is 0 Å². The van der Waals surface area contributed by atoms with Crippen LogP contribution in [0.15, 0.2) is 53.7 Å². The molecule has 0 fully saturated rings. The van der Waals surface area contributed by atoms with E-state index in [1.165, 1.54) is 0 Å². The van der Waals surface area contributed by atoms with Crippen LogP contribution in [0.5, 0.6) is 5.75 Å². The molecular formula is C21H30N4O. The number of aliphatic imine (C=N–C) groups is 1. The molecule has 0 atom stereocenters. The number of rotatable bonds is 9. The van der Waals surface area contributed by atoms with Crippen LogP contribution >= 0.6 is 0 Å². The van der Waals surface area contributed by atoms with E-state index in [9.17, 15) is 0 Å². The smallest absolute Gasteiger partial charge is 0.191 e. The van der Waals surface area contributed by atoms with Crippen molar-refractivity contribution in [3.05, 3.63) is 59.9 Å². The van der Waals surface area contributed by atoms with E-state index in [1.54, 1.807) is 6.20 Å². The highest BCUT2D eigenvalue weighted by molar-refractivity contribution is 5.79. The van der Waals surface area contributed by atoms with Crippen molar-refractivity contribution in [1.29, 1.82) is 0 Å². The zero-order valence-electron chi connectivity index (χ0n) is 16.0. The van der Waals surface area contributed by atoms with Gasteiger partial charge in [0.25, 0.3) is 0 Å². The highest BCUT2D eigenvalue weighted by Crippen LogP contribution is 2.14. The maximum atomic E-state index is 5.76. The van der Waals surface area contributed by atoms with Crippen molar-refractivity contribution in [3.8, 4) is 5.75 Å². The first-order valence-corrected chi connectivity index (χ1v) is 9.31. The van der Waals surface area contributed by atoms with E-state index in [1.807, 2.05) is 30.3 Å². The van der Waals surface area contributed by atoms with Crippen molar-refractivity contribution in [1.82, 2.24) is 15.6 Å². The third-order valence-corrected chi connectivity index (χ3v) is 3.81. The third-order valence-electron chi connectivity index (χ3n) is 3.81. The van der Waals surface area contributed by atoms with Crippen molar-refractivity contribution in [3.63, 3.8) is 0 Å². The molecule has 5 heteroatoms. The number of pyridine rings is 1. The van der Waals surface area contributed by atoms with Crippen LogP contribution in [0.2, 0.25) is 0 Å². The molecule has 0 bridgehead atoms. The highest BCUT2D eigenvalue weighted by atomic mass is 16.5. The van der Waals surface area contributed by atoms with Gasteiger partial charge in [-0.05, 0) is 49.1 Å². The van der Waals surface area contributed by atoms with Gasteiger partial charge in [0.05, 0.1) is 12.2 Å². The fourth-order valence-corrected chi connectivity index (χ4v) is 2.32. The first-order chi connectivity index (χ1) is 12.7. The van der Waals surface area contributed by atoms with Gasteiger partial charge in [-0.3, -0.25) is 4.98 Å². The molecule has 140 valence electrons. The average Bonchev–Trinajstić information content (AvgIpc) is 2.66. The number of nitrogens with one attached hydrogen (secondary N) is 2. The van der Waals surface area contributed by atoms with Crippen molar-refractivity contribution in [2.24, 2.45) is 10.9 Å². The fraction of sp³-hybridized carbons (Fsp3) is 0.429. The van der Waals surface area contributed by atoms with Gasteiger partial charge in [-0.15, -0.1) is 0 Å². The van der Waals surface area contributed by atoms with E-state index in [0.717, 1.165) is 42.5 Å². The molecule has 2 aromatic rings. The van der Waals surface area contributed by atoms with Crippen LogP contribution in [0.1, 0.15) is 38.4 Å². The molecule has 1 aromatic heterocycles. The van der Waals surface area contributed by atoms with Gasteiger partial charge < -0.3 is 15.4 Å². The summed E-state index contributed by atoms with van der Waals surface area (Å²) < 4.78 is 5.76. The molecule has 0 unspecified atom stereocenters. The van der Waals surface area contributed by atoms with Gasteiger partial charge >= 0.3 is 0 Å². The van der Waals surface area contributed by atoms with Crippen LogP contribution < -0.4 is 15.4 Å². The van der Waals surface area contributed by atoms with Gasteiger partial charge in [0.15, 0.2) is 5.96 Å². The SMILES string of the molecule is CCNC(=NCc1ccc(OCc2ccccn2)cc1)NCCC(C)C. The number of benzene rings is 1. The summed E-state index contributed by atoms with van der Waals surface area (Å²) in [6.07, 6.45) is 2.91. The lowest BCUT2D eigenvalue weighted by Crippen LogP contribution is -2.38. The minimum absolute atomic E-state index is 0.475. The predicted molar refractivity (Wildman–Crippen MR) is 107 cm³/mol. The van der Waals surface area contributed by atoms with Crippen molar-refractivity contribution in [2.45, 2.75) is 40.3 Å². The molecule has 1 heterocycles. The molecule has 0 radical (unpaired) electrons. The predicted octanol–water partition coefficient (Wildman–Crippen LogP) is 3.76. The quantitative estimate of drug-likeness (QED) is 0.532. The Morgan fingerprint density at radius 3 is 2.58 bits per heavy atom. The molecule has 5 nitrogen and oxygen atoms in total. The number of aromatic nitrogens is 1. The van der Waals surface area contributed by atoms with Crippen LogP contribution in [-0.2, 0) is 13.2 Å². The van der Waals surface area contributed by atoms with Gasteiger partial charge in [-0.1, -0.05) is 32.0 Å². The molecule has 0 aliphatic rings. The maximum absolute atomic E-state index is 5.76. The Balaban J connectivity index is 1.84. The first-order valence-electron chi connectivity index (χ1n) is 9.31. The van der Waals surface area contributed by atoms with Gasteiger partial charge in [-0.25, -0.2) is 4.99 Å². The molecule has 2 rings (SSSR count). The number of nitrogens with zero attached hydrogens (tertiary/aromatic N) is 2. The van der Waals surface area contributed by atoms with Gasteiger partial charge in [0.2, 0.25) is 0 Å². The molecule has 0 saturated carbocycles. The van der Waals surface area contributed by atoms with E-state index in [2.05, 4.69) is 53.5 Å². The second-order valence-electron chi connectivity index (χ2n) is 6.56. The summed E-state index contributed by atoms with van der Waals surface area (Å²) >= 11 is 0. The Morgan fingerprint density at radius 2 is 1.92 bits per heavy atom. The summed E-state index contributed by atoms with van der Waals surface area (Å²) in [6.45, 7) is 9.43. The van der Waals surface area contributed by atoms with Crippen molar-refractivity contribution >= 4 is 5.96 Å². The molecule has 0 saturated heterocycles. The minimum atomic E-state index is 0.475. The number of guanidine groups is 1. The summed E-state index contributed by atoms with van der Waals surface area (Å²) in [4.78, 5) is 8.90. The minimum Gasteiger partial charge on any atom is -0.487 e. The molecule has 2 N–H and O–H groups in total. The Kier molecular flexibility index (Phi) is 8.46. The number of hydrogen-bond donors (Lipinski definition) is 2. The first kappa shape index (κ1) is 19.8. The summed E-state index contributed by atoms with van der Waals surface area (Å²) in [7, 11) is 0. The van der Waals surface area contributed by atoms with Crippen LogP contribution in [0.3, 0.4) is 0 Å². The van der Waals surface area contributed by atoms with E-state index in [0.29, 0.717) is 19.1 Å². The number of hydrogen-bond acceptors (Lipinski definition) is 3. The van der Waals surface area contributed by atoms with Crippen LogP contribution in [0.25, 0.3) is 0 Å². The third kappa shape index (κ3) is 7.55. The lowest BCUT2D eigenvalue weighted by Gasteiger charge is -2.12. The maximum Gasteiger partial charge on any atom is 0.191 e. The van der Waals surface area contributed by atoms with Gasteiger partial charge in [0.1, 0.15) is 12.4 Å². The molecule has 0 aliphatic heterocycles. The van der Waals surface area contributed by atoms with E-state index in [4.69, 9.17) is 4.74 Å². The average molecular weight is 354 g/mol. The summed E-state index contributed by atoms with van der Waals surface area (Å²) in [6, 6.07) is 13.9. The van der Waals surface area contributed by atoms with Crippen LogP contribution in [0, 0.1) is 5.92 Å². The highest BCUT2D eigenvalue weighted by Gasteiger charge is 2.00. The molecule has 26 heavy (non-hydrogen) atoms. The van der Waals surface area contributed by atoms with Crippen LogP contribution in [-0.4, -0.2) is 24.0 Å². The Labute approximate surface area is 156 Å². The fourth-order valence-electron chi connectivity index (χ4n) is 2.32. The molecule has 0 spiro atoms. The zero-order valence-corrected chi connectivity index (χ0v) is 16.0. The molecule has 1 aromatic carbocycles. The van der Waals surface area contributed by atoms with Crippen molar-refractivity contribution < 1.29 is 4.74 Å². The monoisotopic (exact) mass is 354 g/mol. The molecule has 0 aliphatic carbocycles. The second-order valence-corrected chi connectivity index (χ2v) is 6.56. The standard InChI is InChI=1S/C21H30N4O/c1-4-22-21(24-14-12-17(2)3)25-15-18-8-10-20(11-9-18)26-16-19-7-5-6-13-23-19/h5-11,13,17H,4,12,14-16H2,1-3H3,(H2,22,24,25). The zero-order chi connectivity index (χ0) is 18.6. The summed E-state index contributed by atoms with van der Waals surface area (Å²) in [5, 5.41) is 6.66. The Bertz CT molecular complexity index is 653. The Morgan fingerprint density at radius 1 is 1.12 bits per heavy atom. The normalized spacial score (nSPS) is 11.5. The summed E-state index contributed by atoms with van der Waals surface area (Å²) in [5.41, 5.74) is 2.07. The molecular weight excluding hydrogens is 324 g/mol. The van der Waals surface area contributed by atoms with Gasteiger partial charge in [0, 0.05) is 19.3 Å². The van der Waals surface area contributed by atoms with Crippen molar-refractivity contribution in [2.75, 3.05) is 13.1 Å². The van der Waals surface area contributed by atoms with E-state index < -0.39 is 0 Å². The second kappa shape index (κ2) is 11.1. The lowest BCUT2D eigenvalue weighted by molar-refractivity contribution is 0.301. The lowest BCUT2D eigenvalue weighted by atomic mass is 10.1. The van der Waals surface area contributed by atoms with Crippen LogP contribution in [0.4, 0.5) is 0 Å². The largest absolute Gasteiger partial charge is 0.487 e. The van der Waals surface area contributed by atoms with E-state index >= 15 is 0 Å². The summed E-state index contributed by atoms with van der Waals surface area (Å²) in [5.74, 6) is 2.39. The Hall–Kier alpha value is -2.56. The number of ether oxygens (including phenoxy) is 1. The molecule has 0 amide bonds. The topological polar surface area (TPSA) is 58.5 Å². The van der Waals surface area contributed by atoms with E-state index in [-0.39, 0.29) is 0 Å².